The highest BCUT2D eigenvalue weighted by molar-refractivity contribution is 5.49. The number of hydrogen-bond donors (Lipinski definition) is 1. The lowest BCUT2D eigenvalue weighted by molar-refractivity contribution is -0.0189. The molecule has 1 heterocycles. The highest BCUT2D eigenvalue weighted by Crippen LogP contribution is 2.28. The predicted molar refractivity (Wildman–Crippen MR) is 41.1 cm³/mol. The Morgan fingerprint density at radius 2 is 2.25 bits per heavy atom. The Labute approximate surface area is 68.9 Å². The topological polar surface area (TPSA) is 44.5 Å². The molecule has 0 radical (unpaired) electrons. The molecule has 0 unspecified atom stereocenters. The van der Waals surface area contributed by atoms with Crippen LogP contribution in [0.25, 0.3) is 0 Å². The van der Waals surface area contributed by atoms with Crippen LogP contribution in [0, 0.1) is 5.82 Å². The zero-order valence-electron chi connectivity index (χ0n) is 6.34. The maximum absolute atomic E-state index is 13.1. The summed E-state index contributed by atoms with van der Waals surface area (Å²) < 4.78 is 23.0. The summed E-state index contributed by atoms with van der Waals surface area (Å²) in [6, 6.07) is 2.89. The van der Waals surface area contributed by atoms with Crippen molar-refractivity contribution in [3.63, 3.8) is 0 Å². The molecule has 1 aliphatic rings. The van der Waals surface area contributed by atoms with Crippen molar-refractivity contribution in [2.24, 2.45) is 0 Å². The van der Waals surface area contributed by atoms with Crippen LogP contribution < -0.4 is 10.5 Å². The van der Waals surface area contributed by atoms with E-state index >= 15 is 0 Å². The van der Waals surface area contributed by atoms with Gasteiger partial charge >= 0.3 is 0 Å². The second-order valence-corrected chi connectivity index (χ2v) is 2.60. The third-order valence-electron chi connectivity index (χ3n) is 1.69. The summed E-state index contributed by atoms with van der Waals surface area (Å²) in [5.41, 5.74) is 6.49. The minimum absolute atomic E-state index is 0.105. The Morgan fingerprint density at radius 3 is 3.08 bits per heavy atom. The molecule has 0 aromatic heterocycles. The molecule has 1 aromatic rings. The smallest absolute Gasteiger partial charge is 0.189 e. The number of ether oxygens (including phenoxy) is 2. The van der Waals surface area contributed by atoms with Crippen LogP contribution in [0.2, 0.25) is 0 Å². The van der Waals surface area contributed by atoms with E-state index in [2.05, 4.69) is 0 Å². The van der Waals surface area contributed by atoms with E-state index in [1.807, 2.05) is 0 Å². The van der Waals surface area contributed by atoms with E-state index in [0.29, 0.717) is 17.9 Å². The molecule has 3 nitrogen and oxygen atoms in total. The molecule has 0 atom stereocenters. The first-order chi connectivity index (χ1) is 5.77. The van der Waals surface area contributed by atoms with Gasteiger partial charge in [0.1, 0.15) is 0 Å². The minimum Gasteiger partial charge on any atom is -0.464 e. The van der Waals surface area contributed by atoms with Gasteiger partial charge in [0.05, 0.1) is 6.61 Å². The Morgan fingerprint density at radius 1 is 1.42 bits per heavy atom. The highest BCUT2D eigenvalue weighted by Gasteiger charge is 2.15. The second kappa shape index (κ2) is 2.64. The van der Waals surface area contributed by atoms with Crippen LogP contribution in [0.1, 0.15) is 5.56 Å². The third-order valence-corrected chi connectivity index (χ3v) is 1.69. The lowest BCUT2D eigenvalue weighted by Gasteiger charge is -2.18. The summed E-state index contributed by atoms with van der Waals surface area (Å²) in [6.45, 7) is 0.463. The molecule has 64 valence electrons. The van der Waals surface area contributed by atoms with Gasteiger partial charge in [0, 0.05) is 17.3 Å². The first-order valence-electron chi connectivity index (χ1n) is 3.56. The van der Waals surface area contributed by atoms with Crippen LogP contribution in [0.5, 0.6) is 5.75 Å². The van der Waals surface area contributed by atoms with Gasteiger partial charge in [-0.1, -0.05) is 0 Å². The average molecular weight is 169 g/mol. The van der Waals surface area contributed by atoms with E-state index in [-0.39, 0.29) is 12.5 Å². The van der Waals surface area contributed by atoms with E-state index in [1.54, 1.807) is 6.07 Å². The average Bonchev–Trinajstić information content (AvgIpc) is 2.04. The van der Waals surface area contributed by atoms with Crippen molar-refractivity contribution in [3.05, 3.63) is 23.5 Å². The molecule has 1 aliphatic heterocycles. The summed E-state index contributed by atoms with van der Waals surface area (Å²) in [7, 11) is 0. The zero-order valence-corrected chi connectivity index (χ0v) is 6.34. The van der Waals surface area contributed by atoms with Crippen LogP contribution in [0.4, 0.5) is 10.1 Å². The summed E-state index contributed by atoms with van der Waals surface area (Å²) in [6.07, 6.45) is 0. The monoisotopic (exact) mass is 169 g/mol. The molecule has 0 spiro atoms. The molecule has 0 saturated heterocycles. The number of rotatable bonds is 0. The van der Waals surface area contributed by atoms with Crippen molar-refractivity contribution in [2.45, 2.75) is 6.61 Å². The van der Waals surface area contributed by atoms with Gasteiger partial charge in [0.2, 0.25) is 0 Å². The van der Waals surface area contributed by atoms with E-state index in [0.717, 1.165) is 0 Å². The summed E-state index contributed by atoms with van der Waals surface area (Å²) in [5.74, 6) is -0.163. The molecule has 0 amide bonds. The van der Waals surface area contributed by atoms with Crippen molar-refractivity contribution in [1.82, 2.24) is 0 Å². The normalized spacial score (nSPS) is 15.1. The molecule has 2 rings (SSSR count). The van der Waals surface area contributed by atoms with Crippen LogP contribution >= 0.6 is 0 Å². The van der Waals surface area contributed by atoms with E-state index in [1.165, 1.54) is 6.07 Å². The standard InChI is InChI=1S/C8H8FNO2/c9-7-2-6(10)1-5-3-11-4-12-8(5)7/h1-2H,3-4,10H2. The van der Waals surface area contributed by atoms with Crippen molar-refractivity contribution in [2.75, 3.05) is 12.5 Å². The van der Waals surface area contributed by atoms with Gasteiger partial charge in [0.15, 0.2) is 18.4 Å². The maximum Gasteiger partial charge on any atom is 0.189 e. The lowest BCUT2D eigenvalue weighted by Crippen LogP contribution is -2.13. The number of anilines is 1. The van der Waals surface area contributed by atoms with Gasteiger partial charge < -0.3 is 15.2 Å². The second-order valence-electron chi connectivity index (χ2n) is 2.60. The number of hydrogen-bond acceptors (Lipinski definition) is 3. The summed E-state index contributed by atoms with van der Waals surface area (Å²) in [4.78, 5) is 0. The van der Waals surface area contributed by atoms with E-state index in [4.69, 9.17) is 15.2 Å². The summed E-state index contributed by atoms with van der Waals surface area (Å²) in [5, 5.41) is 0. The largest absolute Gasteiger partial charge is 0.464 e. The molecule has 0 aliphatic carbocycles. The Bertz CT molecular complexity index is 314. The van der Waals surface area contributed by atoms with Gasteiger partial charge in [-0.25, -0.2) is 4.39 Å². The first kappa shape index (κ1) is 7.36. The van der Waals surface area contributed by atoms with Gasteiger partial charge in [-0.2, -0.15) is 0 Å². The molecule has 0 saturated carbocycles. The number of benzene rings is 1. The van der Waals surface area contributed by atoms with Crippen LogP contribution in [0.3, 0.4) is 0 Å². The van der Waals surface area contributed by atoms with Crippen LogP contribution in [-0.4, -0.2) is 6.79 Å². The van der Waals surface area contributed by atoms with Crippen molar-refractivity contribution in [1.29, 1.82) is 0 Å². The molecule has 4 heteroatoms. The predicted octanol–water partition coefficient (Wildman–Crippen LogP) is 1.27. The maximum atomic E-state index is 13.1. The lowest BCUT2D eigenvalue weighted by atomic mass is 10.1. The SMILES string of the molecule is Nc1cc(F)c2c(c1)COCO2. The number of fused-ring (bicyclic) bond motifs is 1. The summed E-state index contributed by atoms with van der Waals surface area (Å²) >= 11 is 0. The molecular formula is C8H8FNO2. The fourth-order valence-corrected chi connectivity index (χ4v) is 1.19. The van der Waals surface area contributed by atoms with Gasteiger partial charge in [-0.05, 0) is 6.07 Å². The molecule has 0 fully saturated rings. The Hall–Kier alpha value is -1.29. The van der Waals surface area contributed by atoms with Crippen molar-refractivity contribution >= 4 is 5.69 Å². The number of nitrogen functional groups attached to an aromatic ring is 1. The fourth-order valence-electron chi connectivity index (χ4n) is 1.19. The fraction of sp³-hybridized carbons (Fsp3) is 0.250. The first-order valence-corrected chi connectivity index (χ1v) is 3.56. The number of nitrogens with two attached hydrogens (primary N) is 1. The van der Waals surface area contributed by atoms with Crippen LogP contribution in [0.15, 0.2) is 12.1 Å². The quantitative estimate of drug-likeness (QED) is 0.595. The zero-order chi connectivity index (χ0) is 8.55. The highest BCUT2D eigenvalue weighted by atomic mass is 19.1. The number of halogens is 1. The Balaban J connectivity index is 2.53. The molecule has 1 aromatic carbocycles. The molecule has 2 N–H and O–H groups in total. The van der Waals surface area contributed by atoms with E-state index < -0.39 is 5.82 Å². The molecule has 0 bridgehead atoms. The van der Waals surface area contributed by atoms with Crippen LogP contribution in [-0.2, 0) is 11.3 Å². The Kier molecular flexibility index (Phi) is 1.62. The van der Waals surface area contributed by atoms with Gasteiger partial charge in [-0.3, -0.25) is 0 Å². The molecular weight excluding hydrogens is 161 g/mol. The van der Waals surface area contributed by atoms with Crippen molar-refractivity contribution in [3.8, 4) is 5.75 Å². The van der Waals surface area contributed by atoms with E-state index in [9.17, 15) is 4.39 Å². The van der Waals surface area contributed by atoms with Gasteiger partial charge in [-0.15, -0.1) is 0 Å². The third kappa shape index (κ3) is 1.10. The van der Waals surface area contributed by atoms with Gasteiger partial charge in [0.25, 0.3) is 0 Å². The molecule has 12 heavy (non-hydrogen) atoms. The van der Waals surface area contributed by atoms with Crippen molar-refractivity contribution < 1.29 is 13.9 Å². The minimum atomic E-state index is -0.423.